The molecule has 30 heavy (non-hydrogen) atoms. The Hall–Kier alpha value is -2.90. The van der Waals surface area contributed by atoms with Crippen LogP contribution in [-0.2, 0) is 16.8 Å². The van der Waals surface area contributed by atoms with Crippen molar-refractivity contribution in [1.29, 1.82) is 0 Å². The van der Waals surface area contributed by atoms with Gasteiger partial charge in [-0.25, -0.2) is 0 Å². The van der Waals surface area contributed by atoms with Crippen LogP contribution in [0.2, 0.25) is 0 Å². The first-order valence-corrected chi connectivity index (χ1v) is 10.0. The second-order valence-electron chi connectivity index (χ2n) is 7.85. The molecule has 0 bridgehead atoms. The van der Waals surface area contributed by atoms with E-state index in [0.29, 0.717) is 60.7 Å². The zero-order chi connectivity index (χ0) is 21.3. The second kappa shape index (κ2) is 8.08. The number of rotatable bonds is 6. The van der Waals surface area contributed by atoms with Crippen molar-refractivity contribution in [2.24, 2.45) is 5.73 Å². The molecule has 0 aliphatic carbocycles. The van der Waals surface area contributed by atoms with Crippen molar-refractivity contribution in [2.75, 3.05) is 19.8 Å². The Kier molecular flexibility index (Phi) is 5.49. The van der Waals surface area contributed by atoms with Crippen LogP contribution < -0.4 is 10.5 Å². The lowest BCUT2D eigenvalue weighted by Crippen LogP contribution is -2.38. The van der Waals surface area contributed by atoms with Gasteiger partial charge in [0, 0.05) is 47.5 Å². The lowest BCUT2D eigenvalue weighted by molar-refractivity contribution is 0.0246. The third-order valence-corrected chi connectivity index (χ3v) is 6.05. The van der Waals surface area contributed by atoms with Crippen molar-refractivity contribution in [3.05, 3.63) is 58.6 Å². The predicted octanol–water partition coefficient (Wildman–Crippen LogP) is 3.16. The molecule has 1 aliphatic rings. The molecule has 158 valence electrons. The number of benzene rings is 1. The summed E-state index contributed by atoms with van der Waals surface area (Å²) in [5.74, 6) is 0.497. The first kappa shape index (κ1) is 20.4. The van der Waals surface area contributed by atoms with E-state index < -0.39 is 11.3 Å². The summed E-state index contributed by atoms with van der Waals surface area (Å²) in [6.07, 6.45) is 4.73. The molecule has 1 fully saturated rings. The van der Waals surface area contributed by atoms with E-state index in [1.54, 1.807) is 25.4 Å². The number of hydrogen-bond acceptors (Lipinski definition) is 6. The van der Waals surface area contributed by atoms with Gasteiger partial charge in [-0.3, -0.25) is 9.78 Å². The van der Waals surface area contributed by atoms with E-state index in [-0.39, 0.29) is 6.61 Å². The average molecular weight is 410 g/mol. The van der Waals surface area contributed by atoms with Gasteiger partial charge in [-0.05, 0) is 50.5 Å². The average Bonchev–Trinajstić information content (AvgIpc) is 3.09. The van der Waals surface area contributed by atoms with Crippen LogP contribution in [0.1, 0.15) is 45.7 Å². The minimum absolute atomic E-state index is 0.0970. The minimum Gasteiger partial charge on any atom is -0.489 e. The molecule has 7 nitrogen and oxygen atoms in total. The van der Waals surface area contributed by atoms with Crippen LogP contribution in [-0.4, -0.2) is 35.8 Å². The van der Waals surface area contributed by atoms with Crippen molar-refractivity contribution < 1.29 is 23.8 Å². The number of fused-ring (bicyclic) bond motifs is 1. The normalized spacial score (nSPS) is 16.0. The third kappa shape index (κ3) is 3.44. The fraction of sp³-hybridized carbons (Fsp3) is 0.391. The monoisotopic (exact) mass is 410 g/mol. The molecule has 0 unspecified atom stereocenters. The molecule has 3 heterocycles. The van der Waals surface area contributed by atoms with Crippen molar-refractivity contribution in [3.63, 3.8) is 0 Å². The molecule has 3 N–H and O–H groups in total. The summed E-state index contributed by atoms with van der Waals surface area (Å²) in [6.45, 7) is 4.97. The van der Waals surface area contributed by atoms with Gasteiger partial charge in [0.05, 0.1) is 12.2 Å². The SMILES string of the molecule is Cc1ccncc1COc1ccc2oc(C)c(C(N)=O)c2c1C1(CO)CCOCC1. The smallest absolute Gasteiger partial charge is 0.252 e. The number of primary amides is 1. The zero-order valence-corrected chi connectivity index (χ0v) is 17.2. The Balaban J connectivity index is 1.90. The number of aromatic nitrogens is 1. The molecule has 0 radical (unpaired) electrons. The van der Waals surface area contributed by atoms with Gasteiger partial charge in [0.25, 0.3) is 5.91 Å². The molecule has 1 aromatic carbocycles. The quantitative estimate of drug-likeness (QED) is 0.646. The number of aryl methyl sites for hydroxylation is 2. The number of aliphatic hydroxyl groups excluding tert-OH is 1. The lowest BCUT2D eigenvalue weighted by Gasteiger charge is -2.37. The van der Waals surface area contributed by atoms with E-state index in [2.05, 4.69) is 4.98 Å². The van der Waals surface area contributed by atoms with Gasteiger partial charge in [-0.2, -0.15) is 0 Å². The summed E-state index contributed by atoms with van der Waals surface area (Å²) >= 11 is 0. The first-order chi connectivity index (χ1) is 14.5. The van der Waals surface area contributed by atoms with Crippen molar-refractivity contribution in [2.45, 2.75) is 38.7 Å². The number of carbonyl (C=O) groups excluding carboxylic acids is 1. The molecule has 4 rings (SSSR count). The summed E-state index contributed by atoms with van der Waals surface area (Å²) in [4.78, 5) is 16.5. The number of amides is 1. The maximum atomic E-state index is 12.3. The standard InChI is InChI=1S/C23H26N2O5/c1-14-5-8-25-11-16(14)12-29-18-4-3-17-20(19(22(24)27)15(2)30-17)21(18)23(13-26)6-9-28-10-7-23/h3-5,8,11,26H,6-7,9-10,12-13H2,1-2H3,(H2,24,27). The topological polar surface area (TPSA) is 108 Å². The summed E-state index contributed by atoms with van der Waals surface area (Å²) in [7, 11) is 0. The van der Waals surface area contributed by atoms with Gasteiger partial charge in [0.15, 0.2) is 0 Å². The minimum atomic E-state index is -0.614. The molecule has 0 atom stereocenters. The number of carbonyl (C=O) groups is 1. The van der Waals surface area contributed by atoms with E-state index in [1.807, 2.05) is 19.1 Å². The van der Waals surface area contributed by atoms with E-state index in [4.69, 9.17) is 19.6 Å². The number of furan rings is 1. The van der Waals surface area contributed by atoms with Crippen LogP contribution in [0.4, 0.5) is 0 Å². The fourth-order valence-electron chi connectivity index (χ4n) is 4.29. The molecule has 1 amide bonds. The molecule has 1 saturated heterocycles. The van der Waals surface area contributed by atoms with Crippen LogP contribution in [0.25, 0.3) is 11.0 Å². The molecule has 1 aliphatic heterocycles. The summed E-state index contributed by atoms with van der Waals surface area (Å²) in [5, 5.41) is 11.1. The molecular formula is C23H26N2O5. The molecule has 3 aromatic rings. The van der Waals surface area contributed by atoms with Gasteiger partial charge < -0.3 is 24.7 Å². The summed E-state index contributed by atoms with van der Waals surface area (Å²) in [5.41, 5.74) is 8.79. The Bertz CT molecular complexity index is 1080. The predicted molar refractivity (Wildman–Crippen MR) is 112 cm³/mol. The Morgan fingerprint density at radius 1 is 1.27 bits per heavy atom. The fourth-order valence-corrected chi connectivity index (χ4v) is 4.29. The van der Waals surface area contributed by atoms with E-state index in [0.717, 1.165) is 16.7 Å². The Morgan fingerprint density at radius 2 is 2.03 bits per heavy atom. The highest BCUT2D eigenvalue weighted by molar-refractivity contribution is 6.08. The van der Waals surface area contributed by atoms with Gasteiger partial charge in [-0.1, -0.05) is 0 Å². The third-order valence-electron chi connectivity index (χ3n) is 6.05. The van der Waals surface area contributed by atoms with Gasteiger partial charge in [-0.15, -0.1) is 0 Å². The van der Waals surface area contributed by atoms with Crippen molar-refractivity contribution >= 4 is 16.9 Å². The lowest BCUT2D eigenvalue weighted by atomic mass is 9.72. The van der Waals surface area contributed by atoms with Crippen LogP contribution in [0.15, 0.2) is 35.0 Å². The number of ether oxygens (including phenoxy) is 2. The van der Waals surface area contributed by atoms with Crippen LogP contribution in [0.5, 0.6) is 5.75 Å². The number of hydrogen-bond donors (Lipinski definition) is 2. The second-order valence-corrected chi connectivity index (χ2v) is 7.85. The Morgan fingerprint density at radius 3 is 2.70 bits per heavy atom. The highest BCUT2D eigenvalue weighted by Gasteiger charge is 2.40. The summed E-state index contributed by atoms with van der Waals surface area (Å²) < 4.78 is 17.6. The number of nitrogens with two attached hydrogens (primary N) is 1. The zero-order valence-electron chi connectivity index (χ0n) is 17.2. The van der Waals surface area contributed by atoms with Gasteiger partial charge in [0.2, 0.25) is 0 Å². The van der Waals surface area contributed by atoms with Gasteiger partial charge >= 0.3 is 0 Å². The van der Waals surface area contributed by atoms with Gasteiger partial charge in [0.1, 0.15) is 23.7 Å². The van der Waals surface area contributed by atoms with E-state index in [9.17, 15) is 9.90 Å². The van der Waals surface area contributed by atoms with Crippen molar-refractivity contribution in [1.82, 2.24) is 4.98 Å². The largest absolute Gasteiger partial charge is 0.489 e. The van der Waals surface area contributed by atoms with Crippen LogP contribution >= 0.6 is 0 Å². The number of aliphatic hydroxyl groups is 1. The highest BCUT2D eigenvalue weighted by Crippen LogP contribution is 2.46. The number of nitrogens with zero attached hydrogens (tertiary/aromatic N) is 1. The maximum absolute atomic E-state index is 12.3. The van der Waals surface area contributed by atoms with Crippen LogP contribution in [0.3, 0.4) is 0 Å². The van der Waals surface area contributed by atoms with E-state index >= 15 is 0 Å². The molecule has 2 aromatic heterocycles. The molecular weight excluding hydrogens is 384 g/mol. The molecule has 0 saturated carbocycles. The maximum Gasteiger partial charge on any atom is 0.252 e. The van der Waals surface area contributed by atoms with Crippen LogP contribution in [0, 0.1) is 13.8 Å². The first-order valence-electron chi connectivity index (χ1n) is 10.0. The highest BCUT2D eigenvalue weighted by atomic mass is 16.5. The summed E-state index contributed by atoms with van der Waals surface area (Å²) in [6, 6.07) is 5.55. The number of pyridine rings is 1. The molecule has 7 heteroatoms. The Labute approximate surface area is 174 Å². The molecule has 0 spiro atoms. The van der Waals surface area contributed by atoms with Crippen molar-refractivity contribution in [3.8, 4) is 5.75 Å². The van der Waals surface area contributed by atoms with E-state index in [1.165, 1.54) is 0 Å².